The second kappa shape index (κ2) is 4.95. The standard InChI is InChI=1S/C13H11N5O4/c1-6(13(21)22)7-2-4-8(5-3-7)18-10-9(14-17-18)11(19)15-16-12(10)20/h2-6H,1H3,(H,15,19)(H,16,20)(H,21,22)/t6-/m0/s1. The molecule has 9 heteroatoms. The van der Waals surface area contributed by atoms with Crippen molar-refractivity contribution < 1.29 is 9.90 Å². The second-order valence-corrected chi connectivity index (χ2v) is 4.76. The Bertz CT molecular complexity index is 966. The zero-order valence-corrected chi connectivity index (χ0v) is 11.4. The van der Waals surface area contributed by atoms with Gasteiger partial charge in [-0.3, -0.25) is 24.6 Å². The normalized spacial score (nSPS) is 12.4. The van der Waals surface area contributed by atoms with Gasteiger partial charge in [0.1, 0.15) is 0 Å². The third kappa shape index (κ3) is 2.08. The zero-order chi connectivity index (χ0) is 15.9. The van der Waals surface area contributed by atoms with Crippen molar-refractivity contribution in [2.24, 2.45) is 0 Å². The molecule has 0 aliphatic carbocycles. The maximum absolute atomic E-state index is 11.8. The number of nitrogens with one attached hydrogen (secondary N) is 2. The summed E-state index contributed by atoms with van der Waals surface area (Å²) in [7, 11) is 0. The summed E-state index contributed by atoms with van der Waals surface area (Å²) in [5, 5.41) is 20.9. The van der Waals surface area contributed by atoms with E-state index in [0.717, 1.165) is 0 Å². The van der Waals surface area contributed by atoms with Gasteiger partial charge in [0.25, 0.3) is 11.1 Å². The van der Waals surface area contributed by atoms with Crippen LogP contribution >= 0.6 is 0 Å². The lowest BCUT2D eigenvalue weighted by atomic mass is 10.0. The van der Waals surface area contributed by atoms with E-state index in [9.17, 15) is 14.4 Å². The average molecular weight is 301 g/mol. The molecule has 1 aromatic carbocycles. The summed E-state index contributed by atoms with van der Waals surface area (Å²) >= 11 is 0. The molecule has 2 aromatic heterocycles. The molecule has 0 bridgehead atoms. The molecular formula is C13H11N5O4. The first-order valence-electron chi connectivity index (χ1n) is 6.38. The summed E-state index contributed by atoms with van der Waals surface area (Å²) in [6, 6.07) is 6.49. The van der Waals surface area contributed by atoms with Crippen molar-refractivity contribution in [2.45, 2.75) is 12.8 Å². The summed E-state index contributed by atoms with van der Waals surface area (Å²) in [5.74, 6) is -1.57. The fourth-order valence-corrected chi connectivity index (χ4v) is 2.10. The van der Waals surface area contributed by atoms with E-state index in [1.165, 1.54) is 4.68 Å². The SMILES string of the molecule is C[C@H](C(=O)O)c1ccc(-n2nnc3c(=O)[nH][nH]c(=O)c32)cc1. The van der Waals surface area contributed by atoms with Gasteiger partial charge >= 0.3 is 5.97 Å². The highest BCUT2D eigenvalue weighted by atomic mass is 16.4. The van der Waals surface area contributed by atoms with Gasteiger partial charge in [0, 0.05) is 0 Å². The summed E-state index contributed by atoms with van der Waals surface area (Å²) in [6.07, 6.45) is 0. The summed E-state index contributed by atoms with van der Waals surface area (Å²) in [4.78, 5) is 34.4. The van der Waals surface area contributed by atoms with Gasteiger partial charge in [-0.25, -0.2) is 4.68 Å². The Kier molecular flexibility index (Phi) is 3.09. The largest absolute Gasteiger partial charge is 0.481 e. The average Bonchev–Trinajstić information content (AvgIpc) is 2.96. The molecule has 0 unspecified atom stereocenters. The molecule has 0 amide bonds. The van der Waals surface area contributed by atoms with Crippen LogP contribution in [-0.2, 0) is 4.79 Å². The topological polar surface area (TPSA) is 134 Å². The van der Waals surface area contributed by atoms with Crippen molar-refractivity contribution >= 4 is 17.0 Å². The minimum absolute atomic E-state index is 0.0304. The number of aromatic amines is 2. The van der Waals surface area contributed by atoms with Crippen LogP contribution in [0.3, 0.4) is 0 Å². The Morgan fingerprint density at radius 1 is 1.18 bits per heavy atom. The van der Waals surface area contributed by atoms with Crippen LogP contribution in [0.2, 0.25) is 0 Å². The van der Waals surface area contributed by atoms with Crippen LogP contribution < -0.4 is 11.1 Å². The predicted molar refractivity (Wildman–Crippen MR) is 76.2 cm³/mol. The molecule has 0 saturated heterocycles. The molecule has 9 nitrogen and oxygen atoms in total. The zero-order valence-electron chi connectivity index (χ0n) is 11.4. The first kappa shape index (κ1) is 13.7. The van der Waals surface area contributed by atoms with Crippen LogP contribution in [0.15, 0.2) is 33.9 Å². The molecule has 0 radical (unpaired) electrons. The fourth-order valence-electron chi connectivity index (χ4n) is 2.10. The van der Waals surface area contributed by atoms with Crippen LogP contribution in [0.1, 0.15) is 18.4 Å². The van der Waals surface area contributed by atoms with Crippen LogP contribution in [0.5, 0.6) is 0 Å². The van der Waals surface area contributed by atoms with Crippen molar-refractivity contribution in [3.05, 3.63) is 50.5 Å². The molecule has 1 atom stereocenters. The van der Waals surface area contributed by atoms with Crippen molar-refractivity contribution in [3.8, 4) is 5.69 Å². The number of rotatable bonds is 3. The highest BCUT2D eigenvalue weighted by Gasteiger charge is 2.16. The predicted octanol–water partition coefficient (Wildman–Crippen LogP) is -0.0148. The number of carbonyl (C=O) groups is 1. The molecule has 3 rings (SSSR count). The molecule has 2 heterocycles. The minimum Gasteiger partial charge on any atom is -0.481 e. The number of benzene rings is 1. The van der Waals surface area contributed by atoms with Crippen LogP contribution in [0.4, 0.5) is 0 Å². The number of aliphatic carboxylic acids is 1. The molecule has 3 aromatic rings. The van der Waals surface area contributed by atoms with Gasteiger partial charge < -0.3 is 5.11 Å². The fraction of sp³-hybridized carbons (Fsp3) is 0.154. The molecule has 0 fully saturated rings. The van der Waals surface area contributed by atoms with E-state index in [0.29, 0.717) is 11.3 Å². The molecule has 112 valence electrons. The van der Waals surface area contributed by atoms with Crippen molar-refractivity contribution in [2.75, 3.05) is 0 Å². The maximum atomic E-state index is 11.8. The molecule has 0 aliphatic rings. The van der Waals surface area contributed by atoms with E-state index >= 15 is 0 Å². The summed E-state index contributed by atoms with van der Waals surface area (Å²) in [6.45, 7) is 1.58. The van der Waals surface area contributed by atoms with E-state index in [4.69, 9.17) is 5.11 Å². The van der Waals surface area contributed by atoms with Crippen LogP contribution in [-0.4, -0.2) is 36.3 Å². The van der Waals surface area contributed by atoms with E-state index < -0.39 is 23.0 Å². The molecule has 0 spiro atoms. The summed E-state index contributed by atoms with van der Waals surface area (Å²) in [5.41, 5.74) is 0.0152. The van der Waals surface area contributed by atoms with Crippen molar-refractivity contribution in [1.29, 1.82) is 0 Å². The first-order chi connectivity index (χ1) is 10.5. The Morgan fingerprint density at radius 3 is 2.45 bits per heavy atom. The van der Waals surface area contributed by atoms with Crippen LogP contribution in [0.25, 0.3) is 16.7 Å². The van der Waals surface area contributed by atoms with Gasteiger partial charge in [-0.05, 0) is 24.6 Å². The quantitative estimate of drug-likeness (QED) is 0.622. The number of aromatic nitrogens is 5. The Morgan fingerprint density at radius 2 is 1.82 bits per heavy atom. The van der Waals surface area contributed by atoms with Gasteiger partial charge in [-0.1, -0.05) is 17.3 Å². The third-order valence-electron chi connectivity index (χ3n) is 3.40. The van der Waals surface area contributed by atoms with E-state index in [1.807, 2.05) is 0 Å². The number of hydrogen-bond acceptors (Lipinski definition) is 5. The molecule has 0 aliphatic heterocycles. The van der Waals surface area contributed by atoms with Crippen LogP contribution in [0, 0.1) is 0 Å². The van der Waals surface area contributed by atoms with E-state index in [1.54, 1.807) is 31.2 Å². The Balaban J connectivity index is 2.13. The van der Waals surface area contributed by atoms with E-state index in [2.05, 4.69) is 20.5 Å². The number of fused-ring (bicyclic) bond motifs is 1. The third-order valence-corrected chi connectivity index (χ3v) is 3.40. The lowest BCUT2D eigenvalue weighted by Gasteiger charge is -2.07. The highest BCUT2D eigenvalue weighted by Crippen LogP contribution is 2.18. The first-order valence-corrected chi connectivity index (χ1v) is 6.38. The van der Waals surface area contributed by atoms with E-state index in [-0.39, 0.29) is 11.0 Å². The number of nitrogens with zero attached hydrogens (tertiary/aromatic N) is 3. The number of carboxylic acids is 1. The smallest absolute Gasteiger partial charge is 0.310 e. The summed E-state index contributed by atoms with van der Waals surface area (Å²) < 4.78 is 1.23. The number of hydrogen-bond donors (Lipinski definition) is 3. The van der Waals surface area contributed by atoms with Gasteiger partial charge in [-0.2, -0.15) is 0 Å². The monoisotopic (exact) mass is 301 g/mol. The molecule has 3 N–H and O–H groups in total. The van der Waals surface area contributed by atoms with Crippen molar-refractivity contribution in [1.82, 2.24) is 25.2 Å². The second-order valence-electron chi connectivity index (χ2n) is 4.76. The minimum atomic E-state index is -0.929. The molecule has 22 heavy (non-hydrogen) atoms. The Hall–Kier alpha value is -3.23. The maximum Gasteiger partial charge on any atom is 0.310 e. The molecule has 0 saturated carbocycles. The lowest BCUT2D eigenvalue weighted by molar-refractivity contribution is -0.138. The number of carboxylic acid groups (broad SMARTS) is 1. The lowest BCUT2D eigenvalue weighted by Crippen LogP contribution is -2.20. The number of H-pyrrole nitrogens is 2. The van der Waals surface area contributed by atoms with Gasteiger partial charge in [0.2, 0.25) is 0 Å². The van der Waals surface area contributed by atoms with Gasteiger partial charge in [0.05, 0.1) is 11.6 Å². The molecular weight excluding hydrogens is 290 g/mol. The van der Waals surface area contributed by atoms with Gasteiger partial charge in [0.15, 0.2) is 11.0 Å². The van der Waals surface area contributed by atoms with Crippen molar-refractivity contribution in [3.63, 3.8) is 0 Å². The highest BCUT2D eigenvalue weighted by molar-refractivity contribution is 5.76. The van der Waals surface area contributed by atoms with Gasteiger partial charge in [-0.15, -0.1) is 5.10 Å². The Labute approximate surface area is 122 Å².